The molecule has 0 fully saturated rings. The summed E-state index contributed by atoms with van der Waals surface area (Å²) in [6.45, 7) is 9.73. The lowest BCUT2D eigenvalue weighted by atomic mass is 9.93. The van der Waals surface area contributed by atoms with Gasteiger partial charge >= 0.3 is 0 Å². The molecule has 8 nitrogen and oxygen atoms in total. The number of fused-ring (bicyclic) bond motifs is 2. The SMILES string of the molecule is CCN(CC)C(=O)C1=C(C)N=c2s/c(=C/c3cn(CC)c4ccccc34)c(=O)n2C1c1cc(OC)ccc1OC. The first kappa shape index (κ1) is 27.5. The van der Waals surface area contributed by atoms with Crippen LogP contribution in [0.1, 0.15) is 44.9 Å². The van der Waals surface area contributed by atoms with E-state index in [1.807, 2.05) is 45.0 Å². The molecular weight excluding hydrogens is 524 g/mol. The van der Waals surface area contributed by atoms with Gasteiger partial charge in [0.2, 0.25) is 0 Å². The molecule has 4 aromatic rings. The van der Waals surface area contributed by atoms with Crippen molar-refractivity contribution >= 4 is 34.2 Å². The van der Waals surface area contributed by atoms with Crippen LogP contribution in [0.4, 0.5) is 0 Å². The number of likely N-dealkylation sites (N-methyl/N-ethyl adjacent to an activating group) is 1. The Kier molecular flexibility index (Phi) is 7.67. The van der Waals surface area contributed by atoms with Crippen molar-refractivity contribution in [3.05, 3.63) is 90.7 Å². The van der Waals surface area contributed by atoms with Crippen LogP contribution in [-0.2, 0) is 11.3 Å². The molecule has 0 bridgehead atoms. The number of hydrogen-bond donors (Lipinski definition) is 0. The van der Waals surface area contributed by atoms with E-state index in [-0.39, 0.29) is 11.5 Å². The van der Waals surface area contributed by atoms with E-state index in [2.05, 4.69) is 29.8 Å². The summed E-state index contributed by atoms with van der Waals surface area (Å²) in [6.07, 6.45) is 4.01. The van der Waals surface area contributed by atoms with Crippen LogP contribution in [0.25, 0.3) is 17.0 Å². The first-order chi connectivity index (χ1) is 19.4. The van der Waals surface area contributed by atoms with Crippen LogP contribution in [0.5, 0.6) is 11.5 Å². The second kappa shape index (κ2) is 11.2. The van der Waals surface area contributed by atoms with E-state index >= 15 is 0 Å². The van der Waals surface area contributed by atoms with Gasteiger partial charge in [-0.15, -0.1) is 0 Å². The van der Waals surface area contributed by atoms with Crippen LogP contribution >= 0.6 is 11.3 Å². The summed E-state index contributed by atoms with van der Waals surface area (Å²) >= 11 is 1.33. The van der Waals surface area contributed by atoms with Crippen molar-refractivity contribution < 1.29 is 14.3 Å². The summed E-state index contributed by atoms with van der Waals surface area (Å²) in [5.41, 5.74) is 3.59. The maximum absolute atomic E-state index is 14.2. The second-order valence-corrected chi connectivity index (χ2v) is 10.6. The molecule has 3 heterocycles. The molecule has 0 saturated heterocycles. The van der Waals surface area contributed by atoms with E-state index in [1.165, 1.54) is 11.3 Å². The van der Waals surface area contributed by atoms with Crippen LogP contribution in [0, 0.1) is 0 Å². The molecule has 0 saturated carbocycles. The number of para-hydroxylation sites is 1. The number of amides is 1. The van der Waals surface area contributed by atoms with Crippen molar-refractivity contribution in [3.8, 4) is 11.5 Å². The fourth-order valence-electron chi connectivity index (χ4n) is 5.42. The average molecular weight is 559 g/mol. The summed E-state index contributed by atoms with van der Waals surface area (Å²) < 4.78 is 15.6. The summed E-state index contributed by atoms with van der Waals surface area (Å²) in [7, 11) is 3.17. The largest absolute Gasteiger partial charge is 0.497 e. The van der Waals surface area contributed by atoms with E-state index in [4.69, 9.17) is 14.5 Å². The van der Waals surface area contributed by atoms with Gasteiger partial charge in [-0.1, -0.05) is 29.5 Å². The molecule has 1 aliphatic rings. The molecule has 1 aliphatic heterocycles. The average Bonchev–Trinajstić information content (AvgIpc) is 3.48. The van der Waals surface area contributed by atoms with E-state index in [0.29, 0.717) is 50.8 Å². The molecule has 1 unspecified atom stereocenters. The van der Waals surface area contributed by atoms with Gasteiger partial charge in [-0.25, -0.2) is 4.99 Å². The Hall–Kier alpha value is -4.11. The maximum atomic E-state index is 14.2. The molecule has 9 heteroatoms. The number of aromatic nitrogens is 2. The van der Waals surface area contributed by atoms with Crippen molar-refractivity contribution in [1.82, 2.24) is 14.0 Å². The lowest BCUT2D eigenvalue weighted by Gasteiger charge is -2.30. The second-order valence-electron chi connectivity index (χ2n) is 9.55. The normalized spacial score (nSPS) is 15.2. The molecule has 1 amide bonds. The van der Waals surface area contributed by atoms with Crippen molar-refractivity contribution in [1.29, 1.82) is 0 Å². The molecule has 2 aromatic heterocycles. The van der Waals surface area contributed by atoms with Crippen molar-refractivity contribution in [2.75, 3.05) is 27.3 Å². The fourth-order valence-corrected chi connectivity index (χ4v) is 6.45. The lowest BCUT2D eigenvalue weighted by Crippen LogP contribution is -2.43. The number of methoxy groups -OCH3 is 2. The number of benzene rings is 2. The predicted octanol–water partition coefficient (Wildman–Crippen LogP) is 4.10. The highest BCUT2D eigenvalue weighted by molar-refractivity contribution is 7.07. The van der Waals surface area contributed by atoms with Gasteiger partial charge in [-0.2, -0.15) is 0 Å². The third-order valence-corrected chi connectivity index (χ3v) is 8.46. The number of nitrogens with zero attached hydrogens (tertiary/aromatic N) is 4. The van der Waals surface area contributed by atoms with Gasteiger partial charge in [0.15, 0.2) is 4.80 Å². The van der Waals surface area contributed by atoms with E-state index in [0.717, 1.165) is 23.0 Å². The summed E-state index contributed by atoms with van der Waals surface area (Å²) in [5, 5.41) is 1.08. The van der Waals surface area contributed by atoms with Crippen molar-refractivity contribution in [2.24, 2.45) is 4.99 Å². The Balaban J connectivity index is 1.80. The number of rotatable bonds is 8. The summed E-state index contributed by atoms with van der Waals surface area (Å²) in [4.78, 5) is 35.2. The Labute approximate surface area is 237 Å². The molecule has 0 N–H and O–H groups in total. The third kappa shape index (κ3) is 4.54. The maximum Gasteiger partial charge on any atom is 0.271 e. The van der Waals surface area contributed by atoms with E-state index < -0.39 is 6.04 Å². The number of hydrogen-bond acceptors (Lipinski definition) is 6. The van der Waals surface area contributed by atoms with Crippen LogP contribution in [0.15, 0.2) is 69.7 Å². The molecule has 0 aliphatic carbocycles. The quantitative estimate of drug-likeness (QED) is 0.326. The number of aryl methyl sites for hydroxylation is 1. The molecule has 208 valence electrons. The van der Waals surface area contributed by atoms with Gasteiger partial charge in [0.05, 0.1) is 30.0 Å². The van der Waals surface area contributed by atoms with Gasteiger partial charge in [0, 0.05) is 47.9 Å². The minimum Gasteiger partial charge on any atom is -0.497 e. The van der Waals surface area contributed by atoms with Gasteiger partial charge in [-0.05, 0) is 58.0 Å². The van der Waals surface area contributed by atoms with Crippen LogP contribution < -0.4 is 24.4 Å². The summed E-state index contributed by atoms with van der Waals surface area (Å²) in [6, 6.07) is 12.9. The zero-order chi connectivity index (χ0) is 28.6. The fraction of sp³-hybridized carbons (Fsp3) is 0.323. The number of ether oxygens (including phenoxy) is 2. The van der Waals surface area contributed by atoms with Gasteiger partial charge in [-0.3, -0.25) is 14.2 Å². The zero-order valence-corrected chi connectivity index (χ0v) is 24.5. The number of carbonyl (C=O) groups is 1. The molecule has 40 heavy (non-hydrogen) atoms. The highest BCUT2D eigenvalue weighted by atomic mass is 32.1. The van der Waals surface area contributed by atoms with E-state index in [9.17, 15) is 9.59 Å². The monoisotopic (exact) mass is 558 g/mol. The third-order valence-electron chi connectivity index (χ3n) is 7.48. The van der Waals surface area contributed by atoms with Gasteiger partial charge in [0.1, 0.15) is 17.5 Å². The molecule has 0 radical (unpaired) electrons. The Bertz CT molecular complexity index is 1810. The van der Waals surface area contributed by atoms with Crippen molar-refractivity contribution in [2.45, 2.75) is 40.3 Å². The predicted molar refractivity (Wildman–Crippen MR) is 159 cm³/mol. The molecule has 2 aromatic carbocycles. The summed E-state index contributed by atoms with van der Waals surface area (Å²) in [5.74, 6) is 1.02. The van der Waals surface area contributed by atoms with E-state index in [1.54, 1.807) is 35.8 Å². The zero-order valence-electron chi connectivity index (χ0n) is 23.7. The molecular formula is C31H34N4O4S. The highest BCUT2D eigenvalue weighted by Gasteiger charge is 2.36. The van der Waals surface area contributed by atoms with Crippen molar-refractivity contribution in [3.63, 3.8) is 0 Å². The van der Waals surface area contributed by atoms with Crippen LogP contribution in [0.2, 0.25) is 0 Å². The number of thiazole rings is 1. The first-order valence-corrected chi connectivity index (χ1v) is 14.3. The highest BCUT2D eigenvalue weighted by Crippen LogP contribution is 2.38. The minimum absolute atomic E-state index is 0.151. The molecule has 0 spiro atoms. The Morgan fingerprint density at radius 3 is 2.52 bits per heavy atom. The standard InChI is InChI=1S/C31H34N4O4S/c1-7-33(8-2)30(37)27-19(4)32-31-35(28(27)23-17-21(38-5)14-15-25(23)39-6)29(36)26(40-31)16-20-18-34(9-3)24-13-11-10-12-22(20)24/h10-18,28H,7-9H2,1-6H3/b26-16+. The minimum atomic E-state index is -0.728. The first-order valence-electron chi connectivity index (χ1n) is 13.5. The number of carbonyl (C=O) groups excluding carboxylic acids is 1. The lowest BCUT2D eigenvalue weighted by molar-refractivity contribution is -0.127. The van der Waals surface area contributed by atoms with Crippen LogP contribution in [0.3, 0.4) is 0 Å². The Morgan fingerprint density at radius 1 is 1.10 bits per heavy atom. The smallest absolute Gasteiger partial charge is 0.271 e. The number of allylic oxidation sites excluding steroid dienone is 1. The van der Waals surface area contributed by atoms with Gasteiger partial charge in [0.25, 0.3) is 11.5 Å². The topological polar surface area (TPSA) is 78.1 Å². The molecule has 5 rings (SSSR count). The Morgan fingerprint density at radius 2 is 1.85 bits per heavy atom. The van der Waals surface area contributed by atoms with Gasteiger partial charge < -0.3 is 18.9 Å². The van der Waals surface area contributed by atoms with Crippen LogP contribution in [-0.4, -0.2) is 47.3 Å². The molecule has 1 atom stereocenters.